The average Bonchev–Trinajstić information content (AvgIpc) is 2.47. The number of phenolic OH excluding ortho intramolecular Hbond substituents is 1. The zero-order chi connectivity index (χ0) is 14.8. The van der Waals surface area contributed by atoms with Gasteiger partial charge in [0.25, 0.3) is 5.91 Å². The van der Waals surface area contributed by atoms with Crippen LogP contribution in [0.2, 0.25) is 0 Å². The number of piperidine rings is 1. The molecule has 0 aromatic heterocycles. The van der Waals surface area contributed by atoms with Crippen molar-refractivity contribution in [2.75, 3.05) is 19.3 Å². The summed E-state index contributed by atoms with van der Waals surface area (Å²) in [6.45, 7) is 0.780. The van der Waals surface area contributed by atoms with Gasteiger partial charge in [-0.05, 0) is 31.2 Å². The monoisotopic (exact) mass is 294 g/mol. The van der Waals surface area contributed by atoms with E-state index in [0.717, 1.165) is 6.07 Å². The fraction of sp³-hybridized carbons (Fsp3) is 0.429. The molecule has 6 heteroatoms. The lowest BCUT2D eigenvalue weighted by Gasteiger charge is -2.36. The topological polar surface area (TPSA) is 64.3 Å². The first-order valence-electron chi connectivity index (χ1n) is 6.26. The number of phenols is 1. The van der Waals surface area contributed by atoms with Crippen LogP contribution in [0.25, 0.3) is 0 Å². The molecule has 1 aromatic carbocycles. The Labute approximate surface area is 121 Å². The van der Waals surface area contributed by atoms with E-state index in [-0.39, 0.29) is 11.3 Å². The fourth-order valence-electron chi connectivity index (χ4n) is 2.32. The Morgan fingerprint density at radius 3 is 2.65 bits per heavy atom. The summed E-state index contributed by atoms with van der Waals surface area (Å²) in [5.41, 5.74) is -0.291. The summed E-state index contributed by atoms with van der Waals surface area (Å²) < 4.78 is 13.2. The summed E-state index contributed by atoms with van der Waals surface area (Å²) in [6, 6.07) is 6.09. The number of benzene rings is 1. The molecule has 1 fully saturated rings. The minimum absolute atomic E-state index is 0.291. The maximum absolute atomic E-state index is 13.7. The third-order valence-corrected chi connectivity index (χ3v) is 4.94. The van der Waals surface area contributed by atoms with Gasteiger partial charge in [0.2, 0.25) is 0 Å². The number of rotatable bonds is 2. The number of likely N-dealkylation sites (tertiary alicyclic amines) is 1. The Morgan fingerprint density at radius 2 is 2.15 bits per heavy atom. The number of nitriles is 1. The lowest BCUT2D eigenvalue weighted by atomic mass is 9.96. The predicted molar refractivity (Wildman–Crippen MR) is 75.1 cm³/mol. The van der Waals surface area contributed by atoms with Crippen LogP contribution in [-0.4, -0.2) is 40.0 Å². The van der Waals surface area contributed by atoms with E-state index in [1.54, 1.807) is 0 Å². The van der Waals surface area contributed by atoms with Gasteiger partial charge < -0.3 is 10.0 Å². The van der Waals surface area contributed by atoms with E-state index in [1.165, 1.54) is 28.8 Å². The van der Waals surface area contributed by atoms with E-state index in [4.69, 9.17) is 0 Å². The quantitative estimate of drug-likeness (QED) is 0.909. The number of carbonyl (C=O) groups is 1. The van der Waals surface area contributed by atoms with Gasteiger partial charge in [-0.15, -0.1) is 11.8 Å². The number of amides is 1. The molecule has 1 amide bonds. The molecule has 1 aliphatic rings. The van der Waals surface area contributed by atoms with Gasteiger partial charge in [0.15, 0.2) is 0 Å². The molecule has 0 saturated carbocycles. The van der Waals surface area contributed by atoms with Gasteiger partial charge in [-0.2, -0.15) is 5.26 Å². The first-order chi connectivity index (χ1) is 9.53. The Morgan fingerprint density at radius 1 is 1.50 bits per heavy atom. The number of nitrogens with zero attached hydrogens (tertiary/aromatic N) is 2. The molecule has 106 valence electrons. The number of hydrogen-bond acceptors (Lipinski definition) is 4. The van der Waals surface area contributed by atoms with E-state index in [1.807, 2.05) is 6.26 Å². The molecule has 1 saturated heterocycles. The summed E-state index contributed by atoms with van der Waals surface area (Å²) in [5.74, 6) is -1.60. The second-order valence-corrected chi connectivity index (χ2v) is 5.93. The van der Waals surface area contributed by atoms with Crippen molar-refractivity contribution in [1.29, 1.82) is 5.26 Å². The molecule has 1 heterocycles. The molecule has 0 aliphatic carbocycles. The molecule has 2 rings (SSSR count). The first kappa shape index (κ1) is 14.7. The summed E-state index contributed by atoms with van der Waals surface area (Å²) in [6.07, 6.45) is 2.97. The Kier molecular flexibility index (Phi) is 4.19. The summed E-state index contributed by atoms with van der Waals surface area (Å²) >= 11 is 1.49. The minimum Gasteiger partial charge on any atom is -0.507 e. The largest absolute Gasteiger partial charge is 0.507 e. The molecular weight excluding hydrogens is 279 g/mol. The molecule has 0 bridgehead atoms. The molecule has 0 spiro atoms. The number of thioether (sulfide) groups is 1. The summed E-state index contributed by atoms with van der Waals surface area (Å²) in [4.78, 5) is 13.8. The predicted octanol–water partition coefficient (Wildman–Crippen LogP) is 2.39. The van der Waals surface area contributed by atoms with Gasteiger partial charge in [-0.25, -0.2) is 4.39 Å². The van der Waals surface area contributed by atoms with E-state index < -0.39 is 16.5 Å². The maximum atomic E-state index is 13.7. The average molecular weight is 294 g/mol. The van der Waals surface area contributed by atoms with Gasteiger partial charge >= 0.3 is 0 Å². The second kappa shape index (κ2) is 5.71. The van der Waals surface area contributed by atoms with Crippen molar-refractivity contribution in [3.05, 3.63) is 29.6 Å². The van der Waals surface area contributed by atoms with Crippen molar-refractivity contribution >= 4 is 17.7 Å². The van der Waals surface area contributed by atoms with Crippen LogP contribution in [0.5, 0.6) is 5.75 Å². The highest BCUT2D eigenvalue weighted by Gasteiger charge is 2.36. The van der Waals surface area contributed by atoms with Crippen molar-refractivity contribution in [1.82, 2.24) is 4.90 Å². The van der Waals surface area contributed by atoms with Gasteiger partial charge in [-0.1, -0.05) is 6.07 Å². The van der Waals surface area contributed by atoms with Crippen LogP contribution in [0.1, 0.15) is 23.2 Å². The fourth-order valence-corrected chi connectivity index (χ4v) is 3.00. The van der Waals surface area contributed by atoms with Crippen LogP contribution in [0.3, 0.4) is 0 Å². The van der Waals surface area contributed by atoms with Crippen LogP contribution >= 0.6 is 11.8 Å². The van der Waals surface area contributed by atoms with E-state index in [2.05, 4.69) is 6.07 Å². The van der Waals surface area contributed by atoms with Crippen molar-refractivity contribution < 1.29 is 14.3 Å². The van der Waals surface area contributed by atoms with Crippen molar-refractivity contribution in [3.8, 4) is 11.8 Å². The number of halogens is 1. The van der Waals surface area contributed by atoms with E-state index in [0.29, 0.717) is 25.9 Å². The molecule has 4 nitrogen and oxygen atoms in total. The SMILES string of the molecule is CSC1(C#N)CCN(C(=O)c2c(O)cccc2F)CC1. The molecule has 0 radical (unpaired) electrons. The molecular formula is C14H15FN2O2S. The lowest BCUT2D eigenvalue weighted by molar-refractivity contribution is 0.0708. The number of carbonyl (C=O) groups excluding carboxylic acids is 1. The third kappa shape index (κ3) is 2.59. The molecule has 0 unspecified atom stereocenters. The van der Waals surface area contributed by atoms with Gasteiger partial charge in [0.05, 0.1) is 6.07 Å². The number of aromatic hydroxyl groups is 1. The lowest BCUT2D eigenvalue weighted by Crippen LogP contribution is -2.44. The molecule has 1 aromatic rings. The number of hydrogen-bond donors (Lipinski definition) is 1. The Hall–Kier alpha value is -1.74. The molecule has 1 N–H and O–H groups in total. The van der Waals surface area contributed by atoms with Crippen molar-refractivity contribution in [3.63, 3.8) is 0 Å². The first-order valence-corrected chi connectivity index (χ1v) is 7.48. The Bertz CT molecular complexity index is 543. The van der Waals surface area contributed by atoms with E-state index in [9.17, 15) is 19.6 Å². The highest BCUT2D eigenvalue weighted by atomic mass is 32.2. The molecule has 0 atom stereocenters. The smallest absolute Gasteiger partial charge is 0.260 e. The highest BCUT2D eigenvalue weighted by molar-refractivity contribution is 8.00. The van der Waals surface area contributed by atoms with Crippen LogP contribution in [-0.2, 0) is 0 Å². The van der Waals surface area contributed by atoms with Gasteiger partial charge in [0, 0.05) is 13.1 Å². The summed E-state index contributed by atoms with van der Waals surface area (Å²) in [5, 5.41) is 18.8. The van der Waals surface area contributed by atoms with E-state index >= 15 is 0 Å². The van der Waals surface area contributed by atoms with Crippen LogP contribution in [0.4, 0.5) is 4.39 Å². The second-order valence-electron chi connectivity index (χ2n) is 4.74. The maximum Gasteiger partial charge on any atom is 0.260 e. The van der Waals surface area contributed by atoms with Crippen molar-refractivity contribution in [2.24, 2.45) is 0 Å². The van der Waals surface area contributed by atoms with Crippen molar-refractivity contribution in [2.45, 2.75) is 17.6 Å². The molecule has 1 aliphatic heterocycles. The van der Waals surface area contributed by atoms with Crippen LogP contribution in [0.15, 0.2) is 18.2 Å². The normalized spacial score (nSPS) is 17.6. The Balaban J connectivity index is 2.16. The zero-order valence-corrected chi connectivity index (χ0v) is 11.9. The third-order valence-electron chi connectivity index (χ3n) is 3.66. The zero-order valence-electron chi connectivity index (χ0n) is 11.1. The standard InChI is InChI=1S/C14H15FN2O2S/c1-20-14(9-16)5-7-17(8-6-14)13(19)12-10(15)3-2-4-11(12)18/h2-4,18H,5-8H2,1H3. The summed E-state index contributed by atoms with van der Waals surface area (Å²) in [7, 11) is 0. The van der Waals surface area contributed by atoms with Gasteiger partial charge in [-0.3, -0.25) is 4.79 Å². The molecule has 20 heavy (non-hydrogen) atoms. The van der Waals surface area contributed by atoms with Gasteiger partial charge in [0.1, 0.15) is 21.9 Å². The minimum atomic E-state index is -0.725. The van der Waals surface area contributed by atoms with Crippen LogP contribution in [0, 0.1) is 17.1 Å². The van der Waals surface area contributed by atoms with Crippen LogP contribution < -0.4 is 0 Å². The highest BCUT2D eigenvalue weighted by Crippen LogP contribution is 2.34.